The van der Waals surface area contributed by atoms with Gasteiger partial charge >= 0.3 is 0 Å². The second-order valence-corrected chi connectivity index (χ2v) is 14.8. The molecule has 2 fully saturated rings. The van der Waals surface area contributed by atoms with Crippen LogP contribution in [-0.2, 0) is 27.3 Å². The monoisotopic (exact) mass is 727 g/mol. The van der Waals surface area contributed by atoms with Crippen molar-refractivity contribution >= 4 is 41.5 Å². The van der Waals surface area contributed by atoms with Crippen LogP contribution in [-0.4, -0.2) is 107 Å². The van der Waals surface area contributed by atoms with E-state index in [9.17, 15) is 19.5 Å². The van der Waals surface area contributed by atoms with Gasteiger partial charge in [-0.3, -0.25) is 14.4 Å². The highest BCUT2D eigenvalue weighted by molar-refractivity contribution is 7.13. The second kappa shape index (κ2) is 18.0. The van der Waals surface area contributed by atoms with E-state index in [0.717, 1.165) is 60.8 Å². The molecule has 0 spiro atoms. The zero-order valence-corrected chi connectivity index (χ0v) is 30.9. The predicted molar refractivity (Wildman–Crippen MR) is 196 cm³/mol. The number of benzene rings is 1. The molecule has 0 saturated carbocycles. The minimum atomic E-state index is -0.908. The molecule has 5 rings (SSSR count). The summed E-state index contributed by atoms with van der Waals surface area (Å²) in [6.07, 6.45) is 1.84. The molecule has 0 aliphatic carbocycles. The van der Waals surface area contributed by atoms with Gasteiger partial charge < -0.3 is 35.6 Å². The molecular weight excluding hydrogens is 678 g/mol. The van der Waals surface area contributed by atoms with Crippen molar-refractivity contribution in [2.24, 2.45) is 5.41 Å². The Kier molecular flexibility index (Phi) is 14.1. The largest absolute Gasteiger partial charge is 0.478 e. The maximum Gasteiger partial charge on any atom is 0.246 e. The lowest BCUT2D eigenvalue weighted by Crippen LogP contribution is -2.58. The van der Waals surface area contributed by atoms with E-state index in [1.165, 1.54) is 4.90 Å². The van der Waals surface area contributed by atoms with Gasteiger partial charge in [0.25, 0.3) is 0 Å². The van der Waals surface area contributed by atoms with Gasteiger partial charge in [-0.15, -0.1) is 23.7 Å². The van der Waals surface area contributed by atoms with E-state index in [-0.39, 0.29) is 50.2 Å². The van der Waals surface area contributed by atoms with Crippen molar-refractivity contribution in [3.63, 3.8) is 0 Å². The van der Waals surface area contributed by atoms with Crippen LogP contribution in [0, 0.1) is 12.3 Å². The van der Waals surface area contributed by atoms with Crippen molar-refractivity contribution in [1.29, 1.82) is 0 Å². The molecule has 2 aliphatic heterocycles. The highest BCUT2D eigenvalue weighted by atomic mass is 35.5. The van der Waals surface area contributed by atoms with Gasteiger partial charge in [0, 0.05) is 64.5 Å². The molecule has 2 saturated heterocycles. The summed E-state index contributed by atoms with van der Waals surface area (Å²) in [4.78, 5) is 54.1. The van der Waals surface area contributed by atoms with Crippen molar-refractivity contribution in [2.45, 2.75) is 71.7 Å². The van der Waals surface area contributed by atoms with E-state index in [1.807, 2.05) is 57.5 Å². The fourth-order valence-electron chi connectivity index (χ4n) is 6.18. The molecule has 3 aromatic rings. The molecule has 3 atom stereocenters. The molecule has 0 radical (unpaired) electrons. The third-order valence-electron chi connectivity index (χ3n) is 8.95. The van der Waals surface area contributed by atoms with E-state index in [4.69, 9.17) is 4.74 Å². The number of aliphatic hydroxyl groups is 1. The van der Waals surface area contributed by atoms with E-state index < -0.39 is 29.5 Å². The summed E-state index contributed by atoms with van der Waals surface area (Å²) < 4.78 is 5.80. The third-order valence-corrected chi connectivity index (χ3v) is 9.93. The first-order valence-corrected chi connectivity index (χ1v) is 17.9. The van der Waals surface area contributed by atoms with Crippen molar-refractivity contribution in [3.8, 4) is 16.3 Å². The quantitative estimate of drug-likeness (QED) is 0.195. The Morgan fingerprint density at radius 1 is 1.08 bits per heavy atom. The van der Waals surface area contributed by atoms with Crippen LogP contribution in [0.25, 0.3) is 10.4 Å². The molecule has 272 valence electrons. The first-order chi connectivity index (χ1) is 23.5. The number of carbonyl (C=O) groups excluding carboxylic acids is 3. The molecule has 0 bridgehead atoms. The van der Waals surface area contributed by atoms with E-state index >= 15 is 0 Å². The third kappa shape index (κ3) is 10.7. The Labute approximate surface area is 304 Å². The normalized spacial score (nSPS) is 18.6. The molecule has 50 heavy (non-hydrogen) atoms. The number of rotatable bonds is 13. The second-order valence-electron chi connectivity index (χ2n) is 13.9. The lowest BCUT2D eigenvalue weighted by Gasteiger charge is -2.35. The first kappa shape index (κ1) is 39.2. The number of thiazole rings is 1. The zero-order valence-electron chi connectivity index (χ0n) is 29.3. The summed E-state index contributed by atoms with van der Waals surface area (Å²) in [7, 11) is 0. The lowest BCUT2D eigenvalue weighted by atomic mass is 9.85. The van der Waals surface area contributed by atoms with Crippen LogP contribution in [0.5, 0.6) is 5.88 Å². The summed E-state index contributed by atoms with van der Waals surface area (Å²) in [5.74, 6) is -0.572. The number of likely N-dealkylation sites (tertiary alicyclic amines) is 1. The van der Waals surface area contributed by atoms with Crippen LogP contribution < -0.4 is 20.7 Å². The number of hydrogen-bond acceptors (Lipinski definition) is 10. The lowest BCUT2D eigenvalue weighted by molar-refractivity contribution is -0.144. The number of pyridine rings is 1. The molecule has 2 aromatic heterocycles. The number of ether oxygens (including phenoxy) is 1. The van der Waals surface area contributed by atoms with Gasteiger partial charge in [0.2, 0.25) is 23.6 Å². The topological polar surface area (TPSA) is 149 Å². The van der Waals surface area contributed by atoms with Crippen molar-refractivity contribution < 1.29 is 24.2 Å². The number of aromatic nitrogens is 2. The fraction of sp³-hybridized carbons (Fsp3) is 0.528. The minimum Gasteiger partial charge on any atom is -0.478 e. The number of amides is 3. The summed E-state index contributed by atoms with van der Waals surface area (Å²) in [5.41, 5.74) is 4.81. The van der Waals surface area contributed by atoms with Gasteiger partial charge in [0.15, 0.2) is 0 Å². The Morgan fingerprint density at radius 3 is 2.44 bits per heavy atom. The number of aryl methyl sites for hydroxylation is 1. The Morgan fingerprint density at radius 2 is 1.80 bits per heavy atom. The fourth-order valence-corrected chi connectivity index (χ4v) is 6.99. The van der Waals surface area contributed by atoms with Gasteiger partial charge in [-0.05, 0) is 35.4 Å². The number of halogens is 1. The highest BCUT2D eigenvalue weighted by Crippen LogP contribution is 2.28. The molecule has 0 unspecified atom stereocenters. The average Bonchev–Trinajstić information content (AvgIpc) is 3.70. The smallest absolute Gasteiger partial charge is 0.246 e. The number of β-amino-alcohol motifs (C(OH)–C–C–N with tert-alkyl or cyclic N) is 1. The zero-order chi connectivity index (χ0) is 35.0. The first-order valence-electron chi connectivity index (χ1n) is 17.0. The van der Waals surface area contributed by atoms with Gasteiger partial charge in [0.05, 0.1) is 35.2 Å². The molecule has 14 heteroatoms. The molecule has 3 amide bonds. The minimum absolute atomic E-state index is 0. The predicted octanol–water partition coefficient (Wildman–Crippen LogP) is 2.96. The van der Waals surface area contributed by atoms with Gasteiger partial charge in [-0.1, -0.05) is 51.1 Å². The molecular formula is C36H50ClN7O5S. The highest BCUT2D eigenvalue weighted by Gasteiger charge is 2.44. The standard InChI is InChI=1S/C36H49N7O5S.ClH/c1-24-32(49-23-40-24)27-9-6-25(7-10-27)20-39-34(46)29-19-28(44)22-43(29)35(47)33(36(2,3)4)41-30(45)18-26-8-11-31(38-21-26)48-17-5-14-42-15-12-37-13-16-42;/h6-11,21,23,28-29,33,37,44H,5,12-20,22H2,1-4H3,(H,39,46)(H,41,45);1H/t28-,29+,33-;/m1./s1. The summed E-state index contributed by atoms with van der Waals surface area (Å²) in [5, 5.41) is 19.7. The van der Waals surface area contributed by atoms with Crippen molar-refractivity contribution in [1.82, 2.24) is 35.7 Å². The maximum absolute atomic E-state index is 13.9. The molecule has 4 N–H and O–H groups in total. The van der Waals surface area contributed by atoms with Crippen LogP contribution in [0.1, 0.15) is 50.4 Å². The number of piperazine rings is 1. The Balaban J connectivity index is 0.00000562. The molecule has 2 aliphatic rings. The average molecular weight is 728 g/mol. The van der Waals surface area contributed by atoms with Crippen molar-refractivity contribution in [3.05, 3.63) is 64.9 Å². The molecule has 12 nitrogen and oxygen atoms in total. The van der Waals surface area contributed by atoms with Crippen LogP contribution in [0.2, 0.25) is 0 Å². The molecule has 4 heterocycles. The summed E-state index contributed by atoms with van der Waals surface area (Å²) in [6, 6.07) is 9.72. The summed E-state index contributed by atoms with van der Waals surface area (Å²) in [6.45, 7) is 13.6. The van der Waals surface area contributed by atoms with Gasteiger partial charge in [-0.2, -0.15) is 0 Å². The van der Waals surface area contributed by atoms with Crippen LogP contribution in [0.15, 0.2) is 48.1 Å². The van der Waals surface area contributed by atoms with Gasteiger partial charge in [0.1, 0.15) is 12.1 Å². The van der Waals surface area contributed by atoms with Gasteiger partial charge in [-0.25, -0.2) is 9.97 Å². The van der Waals surface area contributed by atoms with Crippen molar-refractivity contribution in [2.75, 3.05) is 45.9 Å². The Bertz CT molecular complexity index is 1560. The number of aliphatic hydroxyl groups excluding tert-OH is 1. The van der Waals surface area contributed by atoms with E-state index in [1.54, 1.807) is 29.7 Å². The maximum atomic E-state index is 13.9. The number of nitrogens with one attached hydrogen (secondary N) is 3. The van der Waals surface area contributed by atoms with Crippen LogP contribution in [0.4, 0.5) is 0 Å². The SMILES string of the molecule is Cc1ncsc1-c1ccc(CNC(=O)[C@@H]2C[C@@H](O)CN2C(=O)[C@@H](NC(=O)Cc2ccc(OCCCN3CCNCC3)nc2)C(C)(C)C)cc1.Cl. The summed E-state index contributed by atoms with van der Waals surface area (Å²) >= 11 is 1.58. The number of carbonyl (C=O) groups is 3. The van der Waals surface area contributed by atoms with E-state index in [2.05, 4.69) is 30.8 Å². The van der Waals surface area contributed by atoms with Crippen LogP contribution in [0.3, 0.4) is 0 Å². The van der Waals surface area contributed by atoms with Crippen LogP contribution >= 0.6 is 23.7 Å². The molecule has 1 aromatic carbocycles. The van der Waals surface area contributed by atoms with E-state index in [0.29, 0.717) is 18.1 Å². The number of hydrogen-bond donors (Lipinski definition) is 4. The Hall–Kier alpha value is -3.62. The number of nitrogens with zero attached hydrogens (tertiary/aromatic N) is 4.